The Hall–Kier alpha value is -1.51. The Morgan fingerprint density at radius 2 is 1.75 bits per heavy atom. The quantitative estimate of drug-likeness (QED) is 0.119. The summed E-state index contributed by atoms with van der Waals surface area (Å²) in [6.45, 7) is -2.96. The first kappa shape index (κ1) is 20.5. The second-order valence-electron chi connectivity index (χ2n) is 5.06. The van der Waals surface area contributed by atoms with Crippen LogP contribution in [0.5, 0.6) is 0 Å². The van der Waals surface area contributed by atoms with Crippen LogP contribution < -0.4 is 0 Å². The molecule has 9 N–H and O–H groups in total. The summed E-state index contributed by atoms with van der Waals surface area (Å²) in [6, 6.07) is 0. The maximum atomic E-state index is 11.8. The van der Waals surface area contributed by atoms with Crippen LogP contribution in [0.25, 0.3) is 0 Å². The zero-order valence-electron chi connectivity index (χ0n) is 12.3. The molecule has 0 unspecified atom stereocenters. The summed E-state index contributed by atoms with van der Waals surface area (Å²) in [5.41, 5.74) is 0. The van der Waals surface area contributed by atoms with Gasteiger partial charge in [0.2, 0.25) is 5.76 Å². The molecule has 0 radical (unpaired) electrons. The summed E-state index contributed by atoms with van der Waals surface area (Å²) < 4.78 is 9.45. The molecular formula is C12H20O12. The summed E-state index contributed by atoms with van der Waals surface area (Å²) >= 11 is 0. The van der Waals surface area contributed by atoms with Gasteiger partial charge in [-0.15, -0.1) is 0 Å². The van der Waals surface area contributed by atoms with Gasteiger partial charge in [0.15, 0.2) is 11.9 Å². The van der Waals surface area contributed by atoms with Crippen LogP contribution in [0.3, 0.4) is 0 Å². The molecule has 1 heterocycles. The van der Waals surface area contributed by atoms with E-state index in [1.807, 2.05) is 0 Å². The van der Waals surface area contributed by atoms with Crippen molar-refractivity contribution in [1.82, 2.24) is 0 Å². The van der Waals surface area contributed by atoms with Crippen LogP contribution in [0.15, 0.2) is 11.5 Å². The summed E-state index contributed by atoms with van der Waals surface area (Å²) in [4.78, 5) is 11.8. The first-order chi connectivity index (χ1) is 11.1. The highest BCUT2D eigenvalue weighted by molar-refractivity contribution is 5.86. The van der Waals surface area contributed by atoms with E-state index in [-0.39, 0.29) is 0 Å². The molecule has 1 saturated heterocycles. The molecule has 1 rings (SSSR count). The maximum absolute atomic E-state index is 11.8. The van der Waals surface area contributed by atoms with Crippen LogP contribution in [-0.4, -0.2) is 108 Å². The van der Waals surface area contributed by atoms with Gasteiger partial charge in [-0.3, -0.25) is 0 Å². The highest BCUT2D eigenvalue weighted by atomic mass is 16.8. The zero-order valence-corrected chi connectivity index (χ0v) is 12.3. The third-order valence-electron chi connectivity index (χ3n) is 3.44. The Labute approximate surface area is 135 Å². The second kappa shape index (κ2) is 8.04. The third-order valence-corrected chi connectivity index (χ3v) is 3.44. The molecule has 0 saturated carbocycles. The van der Waals surface area contributed by atoms with Crippen LogP contribution in [0.4, 0.5) is 0 Å². The van der Waals surface area contributed by atoms with Gasteiger partial charge >= 0.3 is 5.97 Å². The molecule has 0 aromatic carbocycles. The predicted octanol–water partition coefficient (Wildman–Crippen LogP) is -4.63. The van der Waals surface area contributed by atoms with E-state index < -0.39 is 73.6 Å². The fourth-order valence-electron chi connectivity index (χ4n) is 1.98. The van der Waals surface area contributed by atoms with Gasteiger partial charge < -0.3 is 55.4 Å². The van der Waals surface area contributed by atoms with E-state index in [9.17, 15) is 35.4 Å². The first-order valence-electron chi connectivity index (χ1n) is 6.73. The van der Waals surface area contributed by atoms with E-state index >= 15 is 0 Å². The van der Waals surface area contributed by atoms with Gasteiger partial charge in [-0.2, -0.15) is 0 Å². The Bertz CT molecular complexity index is 479. The number of hydrogen-bond donors (Lipinski definition) is 9. The molecule has 6 atom stereocenters. The predicted molar refractivity (Wildman–Crippen MR) is 71.3 cm³/mol. The molecule has 12 heteroatoms. The lowest BCUT2D eigenvalue weighted by Gasteiger charge is -2.29. The number of hydrogen-bond acceptors (Lipinski definition) is 12. The fourth-order valence-corrected chi connectivity index (χ4v) is 1.98. The summed E-state index contributed by atoms with van der Waals surface area (Å²) in [6.07, 6.45) is -9.26. The maximum Gasteiger partial charge on any atom is 0.379 e. The number of rotatable bonds is 7. The lowest BCUT2D eigenvalue weighted by Crippen LogP contribution is -2.50. The van der Waals surface area contributed by atoms with Gasteiger partial charge in [-0.25, -0.2) is 4.79 Å². The van der Waals surface area contributed by atoms with Crippen LogP contribution in [0.2, 0.25) is 0 Å². The van der Waals surface area contributed by atoms with Gasteiger partial charge in [0, 0.05) is 0 Å². The fraction of sp³-hybridized carbons (Fsp3) is 0.750. The average Bonchev–Trinajstić information content (AvgIpc) is 2.83. The average molecular weight is 356 g/mol. The van der Waals surface area contributed by atoms with Gasteiger partial charge in [0.25, 0.3) is 5.79 Å². The standard InChI is InChI=1S/C12H20O12/c13-1-4(16)6(17)8(19)9(20)11(22)24-12(3-15)10(21)7(18)5(2-14)23-12/h4-7,10,13-21H,1-3H2/b9-8+/t4-,5+,6+,7+,10-,12-/m0/s1. The Balaban J connectivity index is 2.99. The van der Waals surface area contributed by atoms with Crippen LogP contribution >= 0.6 is 0 Å². The second-order valence-corrected chi connectivity index (χ2v) is 5.06. The van der Waals surface area contributed by atoms with E-state index in [1.165, 1.54) is 0 Å². The van der Waals surface area contributed by atoms with E-state index in [1.54, 1.807) is 0 Å². The van der Waals surface area contributed by atoms with E-state index in [2.05, 4.69) is 4.74 Å². The molecule has 24 heavy (non-hydrogen) atoms. The molecule has 12 nitrogen and oxygen atoms in total. The minimum atomic E-state index is -2.54. The van der Waals surface area contributed by atoms with Crippen molar-refractivity contribution in [1.29, 1.82) is 0 Å². The number of esters is 1. The highest BCUT2D eigenvalue weighted by Gasteiger charge is 2.57. The topological polar surface area (TPSA) is 218 Å². The van der Waals surface area contributed by atoms with Crippen molar-refractivity contribution in [3.8, 4) is 0 Å². The van der Waals surface area contributed by atoms with Gasteiger partial charge in [0.1, 0.15) is 31.0 Å². The zero-order chi connectivity index (χ0) is 18.7. The summed E-state index contributed by atoms with van der Waals surface area (Å²) in [7, 11) is 0. The molecule has 0 aromatic heterocycles. The molecule has 140 valence electrons. The normalized spacial score (nSPS) is 33.7. The molecule has 0 aromatic rings. The molecular weight excluding hydrogens is 336 g/mol. The molecule has 0 bridgehead atoms. The molecule has 0 amide bonds. The van der Waals surface area contributed by atoms with Gasteiger partial charge in [-0.1, -0.05) is 0 Å². The smallest absolute Gasteiger partial charge is 0.379 e. The molecule has 0 aliphatic carbocycles. The van der Waals surface area contributed by atoms with E-state index in [0.29, 0.717) is 0 Å². The van der Waals surface area contributed by atoms with Crippen molar-refractivity contribution < 1.29 is 60.2 Å². The van der Waals surface area contributed by atoms with Crippen molar-refractivity contribution in [3.05, 3.63) is 11.5 Å². The number of aliphatic hydroxyl groups is 9. The Morgan fingerprint density at radius 1 is 1.17 bits per heavy atom. The third kappa shape index (κ3) is 3.76. The van der Waals surface area contributed by atoms with Crippen molar-refractivity contribution in [2.24, 2.45) is 0 Å². The summed E-state index contributed by atoms with van der Waals surface area (Å²) in [5, 5.41) is 83.8. The molecule has 1 aliphatic heterocycles. The van der Waals surface area contributed by atoms with Crippen molar-refractivity contribution >= 4 is 5.97 Å². The first-order valence-corrected chi connectivity index (χ1v) is 6.73. The molecule has 0 spiro atoms. The minimum Gasteiger partial charge on any atom is -0.506 e. The molecule has 1 aliphatic rings. The lowest BCUT2D eigenvalue weighted by molar-refractivity contribution is -0.263. The van der Waals surface area contributed by atoms with Crippen molar-refractivity contribution in [2.75, 3.05) is 19.8 Å². The van der Waals surface area contributed by atoms with Gasteiger partial charge in [-0.05, 0) is 0 Å². The van der Waals surface area contributed by atoms with Crippen LogP contribution in [-0.2, 0) is 14.3 Å². The largest absolute Gasteiger partial charge is 0.506 e. The van der Waals surface area contributed by atoms with Gasteiger partial charge in [0.05, 0.1) is 13.2 Å². The minimum absolute atomic E-state index is 0.786. The number of carbonyl (C=O) groups excluding carboxylic acids is 1. The van der Waals surface area contributed by atoms with Crippen molar-refractivity contribution in [2.45, 2.75) is 36.3 Å². The number of carbonyl (C=O) groups is 1. The van der Waals surface area contributed by atoms with Crippen molar-refractivity contribution in [3.63, 3.8) is 0 Å². The SMILES string of the molecule is O=C(O[C@]1(CO)O[C@H](CO)[C@@H](O)[C@@H]1O)/C(O)=C(\O)[C@H](O)[C@@H](O)CO. The monoisotopic (exact) mass is 356 g/mol. The van der Waals surface area contributed by atoms with Crippen LogP contribution in [0, 0.1) is 0 Å². The van der Waals surface area contributed by atoms with Crippen LogP contribution in [0.1, 0.15) is 0 Å². The number of aliphatic hydroxyl groups excluding tert-OH is 9. The van der Waals surface area contributed by atoms with E-state index in [0.717, 1.165) is 0 Å². The number of ether oxygens (including phenoxy) is 2. The highest BCUT2D eigenvalue weighted by Crippen LogP contribution is 2.33. The molecule has 1 fully saturated rings. The summed E-state index contributed by atoms with van der Waals surface area (Å²) in [5.74, 6) is -7.36. The Kier molecular flexibility index (Phi) is 6.88. The van der Waals surface area contributed by atoms with E-state index in [4.69, 9.17) is 20.1 Å². The lowest BCUT2D eigenvalue weighted by atomic mass is 10.1. The Morgan fingerprint density at radius 3 is 2.17 bits per heavy atom.